The minimum Gasteiger partial charge on any atom is -0.265 e. The third-order valence-corrected chi connectivity index (χ3v) is 6.46. The van der Waals surface area contributed by atoms with Crippen LogP contribution >= 0.6 is 0 Å². The summed E-state index contributed by atoms with van der Waals surface area (Å²) in [7, 11) is 0. The second-order valence-corrected chi connectivity index (χ2v) is 8.87. The molecule has 5 aromatic rings. The standard InChI is InChI=1S/C27H24N4O/c1-17-10-13-24(18(2)14-17)31-26-23(15-28-31)25(20-11-12-20)29-30(27(26)32)16-21-8-5-7-19-6-3-4-9-22(19)21/h3-10,13-15,20H,11-12,16H2,1-2H3. The molecule has 0 bridgehead atoms. The Kier molecular flexibility index (Phi) is 4.25. The molecule has 5 nitrogen and oxygen atoms in total. The lowest BCUT2D eigenvalue weighted by Crippen LogP contribution is -2.26. The summed E-state index contributed by atoms with van der Waals surface area (Å²) >= 11 is 0. The van der Waals surface area contributed by atoms with E-state index in [1.54, 1.807) is 9.36 Å². The number of aryl methyl sites for hydroxylation is 2. The van der Waals surface area contributed by atoms with E-state index in [-0.39, 0.29) is 5.56 Å². The summed E-state index contributed by atoms with van der Waals surface area (Å²) in [5, 5.41) is 12.7. The second-order valence-electron chi connectivity index (χ2n) is 8.87. The van der Waals surface area contributed by atoms with Gasteiger partial charge < -0.3 is 0 Å². The van der Waals surface area contributed by atoms with Gasteiger partial charge in [0.2, 0.25) is 0 Å². The van der Waals surface area contributed by atoms with Gasteiger partial charge in [0.25, 0.3) is 5.56 Å². The Morgan fingerprint density at radius 3 is 2.59 bits per heavy atom. The van der Waals surface area contributed by atoms with Crippen LogP contribution in [0.4, 0.5) is 0 Å². The van der Waals surface area contributed by atoms with E-state index in [2.05, 4.69) is 55.3 Å². The van der Waals surface area contributed by atoms with Crippen molar-refractivity contribution >= 4 is 21.7 Å². The van der Waals surface area contributed by atoms with Crippen LogP contribution in [0, 0.1) is 13.8 Å². The van der Waals surface area contributed by atoms with Crippen molar-refractivity contribution in [1.82, 2.24) is 19.6 Å². The van der Waals surface area contributed by atoms with E-state index < -0.39 is 0 Å². The third-order valence-electron chi connectivity index (χ3n) is 6.46. The molecule has 0 saturated heterocycles. The number of aromatic nitrogens is 4. The first-order chi connectivity index (χ1) is 15.6. The molecule has 2 heterocycles. The van der Waals surface area contributed by atoms with Crippen LogP contribution in [0.3, 0.4) is 0 Å². The fourth-order valence-electron chi connectivity index (χ4n) is 4.68. The van der Waals surface area contributed by atoms with Crippen LogP contribution < -0.4 is 5.56 Å². The Bertz CT molecular complexity index is 1550. The van der Waals surface area contributed by atoms with Gasteiger partial charge in [-0.25, -0.2) is 9.36 Å². The average molecular weight is 421 g/mol. The number of hydrogen-bond acceptors (Lipinski definition) is 3. The summed E-state index contributed by atoms with van der Waals surface area (Å²) in [5.74, 6) is 0.411. The van der Waals surface area contributed by atoms with Crippen LogP contribution in [-0.4, -0.2) is 19.6 Å². The largest absolute Gasteiger partial charge is 0.293 e. The van der Waals surface area contributed by atoms with Gasteiger partial charge in [0.05, 0.1) is 24.1 Å². The topological polar surface area (TPSA) is 52.7 Å². The summed E-state index contributed by atoms with van der Waals surface area (Å²) in [6, 6.07) is 20.7. The lowest BCUT2D eigenvalue weighted by Gasteiger charge is -2.13. The molecule has 2 aromatic heterocycles. The van der Waals surface area contributed by atoms with Crippen LogP contribution in [-0.2, 0) is 6.54 Å². The van der Waals surface area contributed by atoms with Crippen LogP contribution in [0.2, 0.25) is 0 Å². The molecule has 1 aliphatic carbocycles. The third kappa shape index (κ3) is 3.04. The van der Waals surface area contributed by atoms with Crippen LogP contribution in [0.5, 0.6) is 0 Å². The smallest absolute Gasteiger partial charge is 0.265 e. The van der Waals surface area contributed by atoms with Gasteiger partial charge in [-0.15, -0.1) is 0 Å². The molecule has 0 aliphatic heterocycles. The van der Waals surface area contributed by atoms with Crippen LogP contribution in [0.25, 0.3) is 27.4 Å². The SMILES string of the molecule is Cc1ccc(-n2ncc3c(C4CC4)nn(Cc4cccc5ccccc45)c(=O)c32)c(C)c1. The highest BCUT2D eigenvalue weighted by molar-refractivity contribution is 5.86. The Morgan fingerprint density at radius 2 is 1.78 bits per heavy atom. The first-order valence-electron chi connectivity index (χ1n) is 11.1. The molecule has 0 unspecified atom stereocenters. The summed E-state index contributed by atoms with van der Waals surface area (Å²) in [4.78, 5) is 13.7. The van der Waals surface area contributed by atoms with Gasteiger partial charge in [0, 0.05) is 11.3 Å². The zero-order valence-electron chi connectivity index (χ0n) is 18.2. The highest BCUT2D eigenvalue weighted by Gasteiger charge is 2.30. The Labute approximate surface area is 185 Å². The summed E-state index contributed by atoms with van der Waals surface area (Å²) in [5.41, 5.74) is 5.83. The minimum atomic E-state index is -0.102. The van der Waals surface area contributed by atoms with Crippen molar-refractivity contribution in [1.29, 1.82) is 0 Å². The maximum absolute atomic E-state index is 13.7. The Morgan fingerprint density at radius 1 is 0.969 bits per heavy atom. The van der Waals surface area contributed by atoms with Crippen molar-refractivity contribution < 1.29 is 0 Å². The number of rotatable bonds is 4. The molecule has 1 saturated carbocycles. The molecule has 32 heavy (non-hydrogen) atoms. The lowest BCUT2D eigenvalue weighted by molar-refractivity contribution is 0.629. The van der Waals surface area contributed by atoms with Crippen LogP contribution in [0.1, 0.15) is 41.1 Å². The number of hydrogen-bond donors (Lipinski definition) is 0. The number of benzene rings is 3. The van der Waals surface area contributed by atoms with Gasteiger partial charge in [-0.3, -0.25) is 4.79 Å². The van der Waals surface area contributed by atoms with E-state index in [0.717, 1.165) is 46.1 Å². The van der Waals surface area contributed by atoms with Gasteiger partial charge in [-0.05, 0) is 54.7 Å². The number of nitrogens with zero attached hydrogens (tertiary/aromatic N) is 4. The maximum Gasteiger partial charge on any atom is 0.293 e. The van der Waals surface area contributed by atoms with E-state index in [1.165, 1.54) is 10.9 Å². The van der Waals surface area contributed by atoms with Gasteiger partial charge in [0.15, 0.2) is 0 Å². The molecule has 0 radical (unpaired) electrons. The predicted molar refractivity (Wildman–Crippen MR) is 128 cm³/mol. The zero-order chi connectivity index (χ0) is 21.8. The Balaban J connectivity index is 1.58. The van der Waals surface area contributed by atoms with E-state index in [9.17, 15) is 4.79 Å². The summed E-state index contributed by atoms with van der Waals surface area (Å²) in [6.45, 7) is 4.58. The molecule has 0 N–H and O–H groups in total. The molecule has 0 atom stereocenters. The van der Waals surface area contributed by atoms with Crippen molar-refractivity contribution in [3.05, 3.63) is 99.6 Å². The van der Waals surface area contributed by atoms with Crippen molar-refractivity contribution in [2.45, 2.75) is 39.2 Å². The molecule has 5 heteroatoms. The maximum atomic E-state index is 13.7. The van der Waals surface area contributed by atoms with Gasteiger partial charge >= 0.3 is 0 Å². The predicted octanol–water partition coefficient (Wildman–Crippen LogP) is 5.28. The summed E-state index contributed by atoms with van der Waals surface area (Å²) < 4.78 is 3.44. The van der Waals surface area contributed by atoms with Crippen molar-refractivity contribution in [2.75, 3.05) is 0 Å². The zero-order valence-corrected chi connectivity index (χ0v) is 18.2. The normalized spacial score (nSPS) is 13.8. The molecule has 158 valence electrons. The monoisotopic (exact) mass is 420 g/mol. The quantitative estimate of drug-likeness (QED) is 0.398. The van der Waals surface area contributed by atoms with Crippen molar-refractivity contribution in [3.8, 4) is 5.69 Å². The molecule has 3 aromatic carbocycles. The first kappa shape index (κ1) is 19.0. The van der Waals surface area contributed by atoms with Gasteiger partial charge in [0.1, 0.15) is 5.52 Å². The molecule has 1 aliphatic rings. The molecule has 0 amide bonds. The second kappa shape index (κ2) is 7.16. The highest BCUT2D eigenvalue weighted by atomic mass is 16.1. The fourth-order valence-corrected chi connectivity index (χ4v) is 4.68. The van der Waals surface area contributed by atoms with Gasteiger partial charge in [-0.1, -0.05) is 60.2 Å². The molecule has 1 fully saturated rings. The number of fused-ring (bicyclic) bond motifs is 2. The van der Waals surface area contributed by atoms with Crippen LogP contribution in [0.15, 0.2) is 71.7 Å². The van der Waals surface area contributed by atoms with Crippen molar-refractivity contribution in [3.63, 3.8) is 0 Å². The van der Waals surface area contributed by atoms with E-state index >= 15 is 0 Å². The van der Waals surface area contributed by atoms with Crippen molar-refractivity contribution in [2.24, 2.45) is 0 Å². The highest BCUT2D eigenvalue weighted by Crippen LogP contribution is 2.41. The first-order valence-corrected chi connectivity index (χ1v) is 11.1. The van der Waals surface area contributed by atoms with E-state index in [0.29, 0.717) is 18.0 Å². The molecule has 6 rings (SSSR count). The molecular formula is C27H24N4O. The summed E-state index contributed by atoms with van der Waals surface area (Å²) in [6.07, 6.45) is 4.05. The van der Waals surface area contributed by atoms with E-state index in [1.807, 2.05) is 30.5 Å². The minimum absolute atomic E-state index is 0.102. The molecular weight excluding hydrogens is 396 g/mol. The van der Waals surface area contributed by atoms with E-state index in [4.69, 9.17) is 5.10 Å². The van der Waals surface area contributed by atoms with Gasteiger partial charge in [-0.2, -0.15) is 10.2 Å². The molecule has 0 spiro atoms. The lowest BCUT2D eigenvalue weighted by atomic mass is 10.0. The fraction of sp³-hybridized carbons (Fsp3) is 0.222. The Hall–Kier alpha value is -3.73. The average Bonchev–Trinajstić information content (AvgIpc) is 3.54.